The van der Waals surface area contributed by atoms with Crippen molar-refractivity contribution in [1.82, 2.24) is 15.0 Å². The Kier molecular flexibility index (Phi) is 3.47. The molecule has 2 aliphatic rings. The Morgan fingerprint density at radius 3 is 2.72 bits per heavy atom. The molecule has 0 unspecified atom stereocenters. The van der Waals surface area contributed by atoms with Gasteiger partial charge in [0.2, 0.25) is 0 Å². The van der Waals surface area contributed by atoms with E-state index in [1.165, 1.54) is 29.7 Å². The molecule has 0 aliphatic heterocycles. The van der Waals surface area contributed by atoms with Gasteiger partial charge in [-0.15, -0.1) is 0 Å². The predicted octanol–water partition coefficient (Wildman–Crippen LogP) is 4.00. The molecule has 124 valence electrons. The van der Waals surface area contributed by atoms with Crippen LogP contribution in [0.3, 0.4) is 0 Å². The van der Waals surface area contributed by atoms with Gasteiger partial charge in [0.25, 0.3) is 0 Å². The zero-order valence-corrected chi connectivity index (χ0v) is 14.0. The van der Waals surface area contributed by atoms with Crippen LogP contribution < -0.4 is 5.32 Å². The van der Waals surface area contributed by atoms with Crippen LogP contribution in [0, 0.1) is 0 Å². The highest BCUT2D eigenvalue weighted by atomic mass is 15.1. The standard InChI is InChI=1S/C21H20N4/c1-2-6-14(7-3-1)17-12-19(17)24-21-16-9-4-10-18(16)23-20(25-21)15-8-5-11-22-13-15/h1-3,5-8,11,13,17,19H,4,9-10,12H2,(H,23,24,25)/t17-,19+/m0/s1. The van der Waals surface area contributed by atoms with Crippen LogP contribution >= 0.6 is 0 Å². The molecule has 1 aromatic carbocycles. The van der Waals surface area contributed by atoms with Gasteiger partial charge in [0.1, 0.15) is 5.82 Å². The number of pyridine rings is 1. The summed E-state index contributed by atoms with van der Waals surface area (Å²) in [6.45, 7) is 0. The summed E-state index contributed by atoms with van der Waals surface area (Å²) in [5, 5.41) is 3.70. The molecule has 1 saturated carbocycles. The maximum absolute atomic E-state index is 4.86. The molecule has 4 heteroatoms. The first-order chi connectivity index (χ1) is 12.4. The van der Waals surface area contributed by atoms with Gasteiger partial charge in [0.15, 0.2) is 5.82 Å². The molecule has 4 nitrogen and oxygen atoms in total. The van der Waals surface area contributed by atoms with Gasteiger partial charge < -0.3 is 5.32 Å². The number of hydrogen-bond donors (Lipinski definition) is 1. The maximum atomic E-state index is 4.86. The third kappa shape index (κ3) is 2.78. The second-order valence-electron chi connectivity index (χ2n) is 6.92. The van der Waals surface area contributed by atoms with Gasteiger partial charge in [-0.05, 0) is 43.4 Å². The first-order valence-corrected chi connectivity index (χ1v) is 9.00. The van der Waals surface area contributed by atoms with Crippen molar-refractivity contribution in [2.24, 2.45) is 0 Å². The lowest BCUT2D eigenvalue weighted by molar-refractivity contribution is 0.899. The molecule has 3 aromatic rings. The molecule has 0 saturated heterocycles. The van der Waals surface area contributed by atoms with E-state index in [1.54, 1.807) is 6.20 Å². The number of benzene rings is 1. The van der Waals surface area contributed by atoms with Crippen molar-refractivity contribution in [3.63, 3.8) is 0 Å². The van der Waals surface area contributed by atoms with Gasteiger partial charge in [0.05, 0.1) is 0 Å². The molecule has 0 bridgehead atoms. The summed E-state index contributed by atoms with van der Waals surface area (Å²) in [5.74, 6) is 2.41. The number of anilines is 1. The van der Waals surface area contributed by atoms with Gasteiger partial charge in [-0.25, -0.2) is 9.97 Å². The minimum Gasteiger partial charge on any atom is -0.366 e. The molecular weight excluding hydrogens is 308 g/mol. The fraction of sp³-hybridized carbons (Fsp3) is 0.286. The van der Waals surface area contributed by atoms with Crippen molar-refractivity contribution in [3.05, 3.63) is 71.7 Å². The molecular formula is C21H20N4. The number of nitrogens with zero attached hydrogens (tertiary/aromatic N) is 3. The van der Waals surface area contributed by atoms with Gasteiger partial charge in [-0.1, -0.05) is 30.3 Å². The number of rotatable bonds is 4. The fourth-order valence-corrected chi connectivity index (χ4v) is 3.77. The van der Waals surface area contributed by atoms with E-state index in [4.69, 9.17) is 9.97 Å². The Balaban J connectivity index is 1.44. The molecule has 1 fully saturated rings. The molecule has 0 amide bonds. The zero-order chi connectivity index (χ0) is 16.6. The molecule has 5 rings (SSSR count). The molecule has 0 radical (unpaired) electrons. The molecule has 25 heavy (non-hydrogen) atoms. The van der Waals surface area contributed by atoms with Crippen molar-refractivity contribution in [2.45, 2.75) is 37.6 Å². The summed E-state index contributed by atoms with van der Waals surface area (Å²) in [5.41, 5.74) is 4.91. The highest BCUT2D eigenvalue weighted by Gasteiger charge is 2.39. The second-order valence-corrected chi connectivity index (χ2v) is 6.92. The van der Waals surface area contributed by atoms with Crippen molar-refractivity contribution >= 4 is 5.82 Å². The number of hydrogen-bond acceptors (Lipinski definition) is 4. The molecule has 2 atom stereocenters. The van der Waals surface area contributed by atoms with E-state index in [9.17, 15) is 0 Å². The van der Waals surface area contributed by atoms with Crippen LogP contribution in [0.1, 0.15) is 35.6 Å². The Bertz CT molecular complexity index is 893. The van der Waals surface area contributed by atoms with Crippen LogP contribution in [0.25, 0.3) is 11.4 Å². The van der Waals surface area contributed by atoms with Crippen molar-refractivity contribution < 1.29 is 0 Å². The molecule has 1 N–H and O–H groups in total. The largest absolute Gasteiger partial charge is 0.366 e. The van der Waals surface area contributed by atoms with Crippen LogP contribution in [0.4, 0.5) is 5.82 Å². The number of fused-ring (bicyclic) bond motifs is 1. The van der Waals surface area contributed by atoms with E-state index in [0.29, 0.717) is 12.0 Å². The summed E-state index contributed by atoms with van der Waals surface area (Å²) >= 11 is 0. The summed E-state index contributed by atoms with van der Waals surface area (Å²) in [6, 6.07) is 15.2. The Morgan fingerprint density at radius 1 is 0.960 bits per heavy atom. The number of aromatic nitrogens is 3. The van der Waals surface area contributed by atoms with Gasteiger partial charge >= 0.3 is 0 Å². The first kappa shape index (κ1) is 14.6. The average molecular weight is 328 g/mol. The minimum absolute atomic E-state index is 0.476. The third-order valence-electron chi connectivity index (χ3n) is 5.19. The number of nitrogens with one attached hydrogen (secondary N) is 1. The molecule has 2 heterocycles. The van der Waals surface area contributed by atoms with Crippen LogP contribution in [-0.2, 0) is 12.8 Å². The highest BCUT2D eigenvalue weighted by molar-refractivity contribution is 5.60. The number of aryl methyl sites for hydroxylation is 1. The van der Waals surface area contributed by atoms with Crippen molar-refractivity contribution in [3.8, 4) is 11.4 Å². The summed E-state index contributed by atoms with van der Waals surface area (Å²) in [7, 11) is 0. The quantitative estimate of drug-likeness (QED) is 0.786. The van der Waals surface area contributed by atoms with Gasteiger partial charge in [-0.2, -0.15) is 0 Å². The lowest BCUT2D eigenvalue weighted by Gasteiger charge is -2.12. The summed E-state index contributed by atoms with van der Waals surface area (Å²) < 4.78 is 0. The van der Waals surface area contributed by atoms with Gasteiger partial charge in [-0.3, -0.25) is 4.98 Å². The lowest BCUT2D eigenvalue weighted by atomic mass is 10.1. The molecule has 0 spiro atoms. The lowest BCUT2D eigenvalue weighted by Crippen LogP contribution is -2.10. The van der Waals surface area contributed by atoms with Crippen LogP contribution in [0.5, 0.6) is 0 Å². The van der Waals surface area contributed by atoms with Crippen molar-refractivity contribution in [2.75, 3.05) is 5.32 Å². The van der Waals surface area contributed by atoms with Gasteiger partial charge in [0, 0.05) is 41.2 Å². The smallest absolute Gasteiger partial charge is 0.163 e. The summed E-state index contributed by atoms with van der Waals surface area (Å²) in [4.78, 5) is 13.9. The van der Waals surface area contributed by atoms with Crippen LogP contribution in [0.2, 0.25) is 0 Å². The van der Waals surface area contributed by atoms with E-state index in [1.807, 2.05) is 18.3 Å². The third-order valence-corrected chi connectivity index (χ3v) is 5.19. The van der Waals surface area contributed by atoms with E-state index >= 15 is 0 Å². The van der Waals surface area contributed by atoms with E-state index < -0.39 is 0 Å². The Hall–Kier alpha value is -2.75. The average Bonchev–Trinajstić information content (AvgIpc) is 3.27. The van der Waals surface area contributed by atoms with Crippen LogP contribution in [0.15, 0.2) is 54.9 Å². The Morgan fingerprint density at radius 2 is 1.88 bits per heavy atom. The van der Waals surface area contributed by atoms with Crippen molar-refractivity contribution in [1.29, 1.82) is 0 Å². The van der Waals surface area contributed by atoms with E-state index in [0.717, 1.165) is 30.0 Å². The fourth-order valence-electron chi connectivity index (χ4n) is 3.77. The SMILES string of the molecule is c1ccc([C@@H]2C[C@H]2Nc2nc(-c3cccnc3)nc3c2CCC3)cc1. The maximum Gasteiger partial charge on any atom is 0.163 e. The normalized spacial score (nSPS) is 21.0. The topological polar surface area (TPSA) is 50.7 Å². The second kappa shape index (κ2) is 5.96. The van der Waals surface area contributed by atoms with E-state index in [2.05, 4.69) is 40.6 Å². The zero-order valence-electron chi connectivity index (χ0n) is 14.0. The first-order valence-electron chi connectivity index (χ1n) is 9.00. The highest BCUT2D eigenvalue weighted by Crippen LogP contribution is 2.43. The molecule has 2 aliphatic carbocycles. The minimum atomic E-state index is 0.476. The van der Waals surface area contributed by atoms with Crippen LogP contribution in [-0.4, -0.2) is 21.0 Å². The van der Waals surface area contributed by atoms with E-state index in [-0.39, 0.29) is 0 Å². The summed E-state index contributed by atoms with van der Waals surface area (Å²) in [6.07, 6.45) is 8.09. The molecule has 2 aromatic heterocycles. The Labute approximate surface area is 147 Å². The predicted molar refractivity (Wildman–Crippen MR) is 98.5 cm³/mol. The monoisotopic (exact) mass is 328 g/mol.